The van der Waals surface area contributed by atoms with Crippen molar-refractivity contribution in [2.45, 2.75) is 6.42 Å². The van der Waals surface area contributed by atoms with Crippen LogP contribution >= 0.6 is 0 Å². The van der Waals surface area contributed by atoms with Crippen molar-refractivity contribution in [2.75, 3.05) is 7.11 Å². The summed E-state index contributed by atoms with van der Waals surface area (Å²) in [5.74, 6) is -0.552. The van der Waals surface area contributed by atoms with E-state index in [1.807, 2.05) is 24.3 Å². The predicted octanol–water partition coefficient (Wildman–Crippen LogP) is 3.10. The largest absolute Gasteiger partial charge is 0.496 e. The van der Waals surface area contributed by atoms with Crippen LogP contribution in [-0.2, 0) is 0 Å². The first-order chi connectivity index (χ1) is 10.6. The smallest absolute Gasteiger partial charge is 0.335 e. The highest BCUT2D eigenvalue weighted by Crippen LogP contribution is 2.31. The van der Waals surface area contributed by atoms with E-state index in [4.69, 9.17) is 9.84 Å². The summed E-state index contributed by atoms with van der Waals surface area (Å²) in [6, 6.07) is 11.7. The van der Waals surface area contributed by atoms with E-state index < -0.39 is 5.97 Å². The fraction of sp³-hybridized carbons (Fsp3) is 0.118. The second kappa shape index (κ2) is 5.44. The number of fused-ring (bicyclic) bond motifs is 1. The molecule has 0 amide bonds. The van der Waals surface area contributed by atoms with Gasteiger partial charge in [0, 0.05) is 11.1 Å². The molecule has 5 heteroatoms. The van der Waals surface area contributed by atoms with Crippen LogP contribution in [0.25, 0.3) is 0 Å². The Kier molecular flexibility index (Phi) is 3.47. The summed E-state index contributed by atoms with van der Waals surface area (Å²) in [7, 11) is 1.57. The van der Waals surface area contributed by atoms with Crippen LogP contribution in [0.4, 0.5) is 5.69 Å². The van der Waals surface area contributed by atoms with Gasteiger partial charge in [-0.15, -0.1) is 0 Å². The Morgan fingerprint density at radius 1 is 1.18 bits per heavy atom. The van der Waals surface area contributed by atoms with Crippen molar-refractivity contribution in [1.29, 1.82) is 0 Å². The molecule has 0 aliphatic carbocycles. The Hall–Kier alpha value is -2.95. The number of carboxylic acids is 1. The summed E-state index contributed by atoms with van der Waals surface area (Å²) in [5, 5.41) is 9.01. The first-order valence-electron chi connectivity index (χ1n) is 6.71. The van der Waals surface area contributed by atoms with Gasteiger partial charge in [0.15, 0.2) is 5.78 Å². The van der Waals surface area contributed by atoms with Gasteiger partial charge in [0.2, 0.25) is 0 Å². The molecule has 1 heterocycles. The standard InChI is InChI=1S/C17H13NO4/c1-22-16-5-3-2-4-11(16)14-9-15(19)12-8-10(17(20)21)6-7-13(12)18-14/h2-8H,9H2,1H3,(H,20,21). The van der Waals surface area contributed by atoms with Crippen LogP contribution in [-0.4, -0.2) is 29.7 Å². The highest BCUT2D eigenvalue weighted by atomic mass is 16.5. The van der Waals surface area contributed by atoms with Crippen molar-refractivity contribution < 1.29 is 19.4 Å². The lowest BCUT2D eigenvalue weighted by Crippen LogP contribution is -2.16. The number of aromatic carboxylic acids is 1. The van der Waals surface area contributed by atoms with Gasteiger partial charge in [0.05, 0.1) is 30.5 Å². The molecule has 0 radical (unpaired) electrons. The molecule has 5 nitrogen and oxygen atoms in total. The summed E-state index contributed by atoms with van der Waals surface area (Å²) in [6.45, 7) is 0. The van der Waals surface area contributed by atoms with Crippen LogP contribution in [0.1, 0.15) is 32.7 Å². The van der Waals surface area contributed by atoms with Crippen molar-refractivity contribution in [3.8, 4) is 5.75 Å². The van der Waals surface area contributed by atoms with E-state index in [0.717, 1.165) is 5.56 Å². The van der Waals surface area contributed by atoms with Crippen LogP contribution in [0.5, 0.6) is 5.75 Å². The molecule has 1 aliphatic heterocycles. The number of hydrogen-bond acceptors (Lipinski definition) is 4. The van der Waals surface area contributed by atoms with Gasteiger partial charge in [-0.1, -0.05) is 12.1 Å². The van der Waals surface area contributed by atoms with Gasteiger partial charge >= 0.3 is 5.97 Å². The van der Waals surface area contributed by atoms with Gasteiger partial charge < -0.3 is 9.84 Å². The molecule has 0 saturated heterocycles. The first-order valence-corrected chi connectivity index (χ1v) is 6.71. The number of ether oxygens (including phenoxy) is 1. The number of carboxylic acid groups (broad SMARTS) is 1. The molecular formula is C17H13NO4. The lowest BCUT2D eigenvalue weighted by atomic mass is 9.94. The molecule has 0 fully saturated rings. The summed E-state index contributed by atoms with van der Waals surface area (Å²) in [6.07, 6.45) is 0.121. The van der Waals surface area contributed by atoms with Gasteiger partial charge in [-0.25, -0.2) is 4.79 Å². The third-order valence-corrected chi connectivity index (χ3v) is 3.55. The van der Waals surface area contributed by atoms with Gasteiger partial charge in [0.25, 0.3) is 0 Å². The average Bonchev–Trinajstić information content (AvgIpc) is 2.54. The van der Waals surface area contributed by atoms with E-state index in [2.05, 4.69) is 4.99 Å². The predicted molar refractivity (Wildman–Crippen MR) is 81.5 cm³/mol. The quantitative estimate of drug-likeness (QED) is 0.944. The third-order valence-electron chi connectivity index (χ3n) is 3.55. The van der Waals surface area contributed by atoms with Crippen molar-refractivity contribution >= 4 is 23.2 Å². The molecular weight excluding hydrogens is 282 g/mol. The maximum atomic E-state index is 12.3. The van der Waals surface area contributed by atoms with E-state index >= 15 is 0 Å². The van der Waals surface area contributed by atoms with Crippen molar-refractivity contribution in [3.05, 3.63) is 59.2 Å². The van der Waals surface area contributed by atoms with E-state index in [1.54, 1.807) is 13.2 Å². The Balaban J connectivity index is 2.10. The zero-order valence-corrected chi connectivity index (χ0v) is 11.9. The molecule has 0 atom stereocenters. The second-order valence-electron chi connectivity index (χ2n) is 4.90. The fourth-order valence-corrected chi connectivity index (χ4v) is 2.46. The number of Topliss-reactive ketones (excluding diaryl/α,β-unsaturated/α-hetero) is 1. The number of benzene rings is 2. The second-order valence-corrected chi connectivity index (χ2v) is 4.90. The van der Waals surface area contributed by atoms with E-state index in [-0.39, 0.29) is 17.8 Å². The molecule has 2 aromatic carbocycles. The lowest BCUT2D eigenvalue weighted by Gasteiger charge is -2.17. The normalized spacial score (nSPS) is 13.3. The maximum Gasteiger partial charge on any atom is 0.335 e. The zero-order valence-electron chi connectivity index (χ0n) is 11.9. The minimum Gasteiger partial charge on any atom is -0.496 e. The number of aliphatic imine (C=N–C) groups is 1. The number of methoxy groups -OCH3 is 1. The monoisotopic (exact) mass is 295 g/mol. The van der Waals surface area contributed by atoms with Gasteiger partial charge in [-0.2, -0.15) is 0 Å². The third kappa shape index (κ3) is 2.37. The van der Waals surface area contributed by atoms with Crippen LogP contribution < -0.4 is 4.74 Å². The van der Waals surface area contributed by atoms with Gasteiger partial charge in [-0.3, -0.25) is 9.79 Å². The molecule has 2 aromatic rings. The van der Waals surface area contributed by atoms with E-state index in [1.165, 1.54) is 12.1 Å². The Morgan fingerprint density at radius 2 is 1.95 bits per heavy atom. The Labute approximate surface area is 126 Å². The molecule has 0 saturated carbocycles. The molecule has 22 heavy (non-hydrogen) atoms. The fourth-order valence-electron chi connectivity index (χ4n) is 2.46. The maximum absolute atomic E-state index is 12.3. The van der Waals surface area contributed by atoms with Crippen LogP contribution in [0.3, 0.4) is 0 Å². The molecule has 110 valence electrons. The van der Waals surface area contributed by atoms with Gasteiger partial charge in [-0.05, 0) is 30.3 Å². The average molecular weight is 295 g/mol. The number of carbonyl (C=O) groups is 2. The van der Waals surface area contributed by atoms with Gasteiger partial charge in [0.1, 0.15) is 5.75 Å². The molecule has 0 unspecified atom stereocenters. The topological polar surface area (TPSA) is 76.0 Å². The molecule has 0 spiro atoms. The number of hydrogen-bond donors (Lipinski definition) is 1. The summed E-state index contributed by atoms with van der Waals surface area (Å²) >= 11 is 0. The number of para-hydroxylation sites is 1. The van der Waals surface area contributed by atoms with Crippen molar-refractivity contribution in [2.24, 2.45) is 4.99 Å². The van der Waals surface area contributed by atoms with Crippen molar-refractivity contribution in [1.82, 2.24) is 0 Å². The van der Waals surface area contributed by atoms with E-state index in [9.17, 15) is 9.59 Å². The number of rotatable bonds is 3. The summed E-state index contributed by atoms with van der Waals surface area (Å²) in [5.41, 5.74) is 2.31. The highest BCUT2D eigenvalue weighted by molar-refractivity contribution is 6.22. The summed E-state index contributed by atoms with van der Waals surface area (Å²) in [4.78, 5) is 27.8. The van der Waals surface area contributed by atoms with Crippen LogP contribution in [0, 0.1) is 0 Å². The Morgan fingerprint density at radius 3 is 2.68 bits per heavy atom. The molecule has 3 rings (SSSR count). The molecule has 0 aromatic heterocycles. The Bertz CT molecular complexity index is 808. The number of nitrogens with zero attached hydrogens (tertiary/aromatic N) is 1. The zero-order chi connectivity index (χ0) is 15.7. The van der Waals surface area contributed by atoms with Crippen molar-refractivity contribution in [3.63, 3.8) is 0 Å². The van der Waals surface area contributed by atoms with E-state index in [0.29, 0.717) is 22.7 Å². The van der Waals surface area contributed by atoms with Crippen LogP contribution in [0.15, 0.2) is 47.5 Å². The SMILES string of the molecule is COc1ccccc1C1=Nc2ccc(C(=O)O)cc2C(=O)C1. The molecule has 1 N–H and O–H groups in total. The number of carbonyl (C=O) groups excluding carboxylic acids is 1. The highest BCUT2D eigenvalue weighted by Gasteiger charge is 2.23. The minimum absolute atomic E-state index is 0.0861. The lowest BCUT2D eigenvalue weighted by molar-refractivity contribution is 0.0697. The molecule has 0 bridgehead atoms. The summed E-state index contributed by atoms with van der Waals surface area (Å²) < 4.78 is 5.30. The van der Waals surface area contributed by atoms with Crippen LogP contribution in [0.2, 0.25) is 0 Å². The first kappa shape index (κ1) is 14.0. The molecule has 1 aliphatic rings. The number of ketones is 1. The minimum atomic E-state index is -1.06.